The molecule has 3 N–H and O–H groups in total. The third kappa shape index (κ3) is 4.98. The highest BCUT2D eigenvalue weighted by Crippen LogP contribution is 2.21. The van der Waals surface area contributed by atoms with E-state index in [0.717, 1.165) is 17.7 Å². The second kappa shape index (κ2) is 8.04. The lowest BCUT2D eigenvalue weighted by Gasteiger charge is -2.17. The number of nitrogens with zero attached hydrogens (tertiary/aromatic N) is 1. The highest BCUT2D eigenvalue weighted by molar-refractivity contribution is 6.30. The summed E-state index contributed by atoms with van der Waals surface area (Å²) in [6.07, 6.45) is 0. The molecule has 0 aliphatic rings. The van der Waals surface area contributed by atoms with E-state index in [9.17, 15) is 19.3 Å². The van der Waals surface area contributed by atoms with Crippen LogP contribution < -0.4 is 10.6 Å². The molecule has 0 heterocycles. The molecule has 0 fully saturated rings. The topological polar surface area (TPSA) is 88.8 Å². The Bertz CT molecular complexity index is 783. The van der Waals surface area contributed by atoms with Crippen LogP contribution in [0, 0.1) is 15.9 Å². The van der Waals surface area contributed by atoms with Crippen molar-refractivity contribution in [1.82, 2.24) is 0 Å². The summed E-state index contributed by atoms with van der Waals surface area (Å²) in [5.41, 5.74) is 0.517. The van der Waals surface area contributed by atoms with Crippen LogP contribution in [-0.4, -0.2) is 16.9 Å². The molecule has 0 spiro atoms. The van der Waals surface area contributed by atoms with Crippen molar-refractivity contribution in [2.75, 3.05) is 5.32 Å². The maximum atomic E-state index is 13.3. The summed E-state index contributed by atoms with van der Waals surface area (Å²) in [5, 5.41) is 15.8. The van der Waals surface area contributed by atoms with Crippen LogP contribution in [0.25, 0.3) is 0 Å². The summed E-state index contributed by atoms with van der Waals surface area (Å²) >= 11 is 5.86. The molecule has 2 aromatic rings. The highest BCUT2D eigenvalue weighted by Gasteiger charge is 2.22. The van der Waals surface area contributed by atoms with Crippen molar-refractivity contribution in [2.45, 2.75) is 25.9 Å². The molecule has 1 amide bonds. The van der Waals surface area contributed by atoms with E-state index in [0.29, 0.717) is 5.02 Å². The molecule has 0 aliphatic carbocycles. The van der Waals surface area contributed by atoms with E-state index >= 15 is 0 Å². The fourth-order valence-corrected chi connectivity index (χ4v) is 2.51. The quantitative estimate of drug-likeness (QED) is 0.608. The van der Waals surface area contributed by atoms with Crippen molar-refractivity contribution >= 4 is 28.9 Å². The van der Waals surface area contributed by atoms with Gasteiger partial charge >= 0.3 is 5.69 Å². The van der Waals surface area contributed by atoms with Gasteiger partial charge in [0, 0.05) is 22.3 Å². The number of hydrogen-bond acceptors (Lipinski definition) is 3. The zero-order valence-corrected chi connectivity index (χ0v) is 14.5. The zero-order valence-electron chi connectivity index (χ0n) is 13.7. The van der Waals surface area contributed by atoms with Crippen LogP contribution >= 0.6 is 11.6 Å². The number of halogens is 2. The summed E-state index contributed by atoms with van der Waals surface area (Å²) in [6.45, 7) is 3.68. The van der Waals surface area contributed by atoms with Crippen LogP contribution in [0.15, 0.2) is 42.5 Å². The summed E-state index contributed by atoms with van der Waals surface area (Å²) in [4.78, 5) is 22.2. The minimum absolute atomic E-state index is 0.0144. The zero-order chi connectivity index (χ0) is 18.6. The van der Waals surface area contributed by atoms with Gasteiger partial charge in [-0.1, -0.05) is 23.7 Å². The summed E-state index contributed by atoms with van der Waals surface area (Å²) in [6, 6.07) is 10.1. The summed E-state index contributed by atoms with van der Waals surface area (Å²) < 4.78 is 13.3. The van der Waals surface area contributed by atoms with Gasteiger partial charge in [-0.2, -0.15) is 4.39 Å². The van der Waals surface area contributed by atoms with Crippen LogP contribution in [0.2, 0.25) is 5.02 Å². The fourth-order valence-electron chi connectivity index (χ4n) is 2.38. The predicted molar refractivity (Wildman–Crippen MR) is 92.9 cm³/mol. The lowest BCUT2D eigenvalue weighted by molar-refractivity contribution is -0.709. The van der Waals surface area contributed by atoms with Crippen molar-refractivity contribution in [2.24, 2.45) is 0 Å². The van der Waals surface area contributed by atoms with Crippen molar-refractivity contribution in [3.8, 4) is 0 Å². The molecule has 25 heavy (non-hydrogen) atoms. The van der Waals surface area contributed by atoms with E-state index in [1.165, 1.54) is 6.07 Å². The SMILES string of the molecule is C[C@H]([NH2+][C@H](C)C(=O)Nc1ccc(F)c([N+](=O)[O-])c1)c1ccc(Cl)cc1. The lowest BCUT2D eigenvalue weighted by Crippen LogP contribution is -2.91. The predicted octanol–water partition coefficient (Wildman–Crippen LogP) is 3.04. The highest BCUT2D eigenvalue weighted by atomic mass is 35.5. The van der Waals surface area contributed by atoms with Gasteiger partial charge in [0.25, 0.3) is 5.91 Å². The van der Waals surface area contributed by atoms with Gasteiger partial charge in [0.15, 0.2) is 6.04 Å². The van der Waals surface area contributed by atoms with Gasteiger partial charge in [0.1, 0.15) is 6.04 Å². The van der Waals surface area contributed by atoms with E-state index in [4.69, 9.17) is 11.6 Å². The smallest absolute Gasteiger partial charge is 0.306 e. The Hall–Kier alpha value is -2.51. The minimum Gasteiger partial charge on any atom is -0.330 e. The van der Waals surface area contributed by atoms with Gasteiger partial charge in [-0.15, -0.1) is 0 Å². The number of nitrogens with one attached hydrogen (secondary N) is 1. The third-order valence-electron chi connectivity index (χ3n) is 3.80. The van der Waals surface area contributed by atoms with E-state index in [2.05, 4.69) is 5.32 Å². The van der Waals surface area contributed by atoms with Gasteiger partial charge in [0.05, 0.1) is 4.92 Å². The average Bonchev–Trinajstić information content (AvgIpc) is 2.56. The van der Waals surface area contributed by atoms with Crippen molar-refractivity contribution < 1.29 is 19.4 Å². The minimum atomic E-state index is -0.945. The number of nitro benzene ring substituents is 1. The van der Waals surface area contributed by atoms with Crippen LogP contribution in [0.1, 0.15) is 25.5 Å². The maximum Gasteiger partial charge on any atom is 0.306 e. The van der Waals surface area contributed by atoms with Gasteiger partial charge < -0.3 is 10.6 Å². The van der Waals surface area contributed by atoms with Crippen molar-refractivity contribution in [3.63, 3.8) is 0 Å². The molecular weight excluding hydrogens is 349 g/mol. The number of quaternary nitrogens is 1. The van der Waals surface area contributed by atoms with Gasteiger partial charge in [0.2, 0.25) is 5.82 Å². The molecule has 132 valence electrons. The van der Waals surface area contributed by atoms with Crippen LogP contribution in [0.4, 0.5) is 15.8 Å². The van der Waals surface area contributed by atoms with Gasteiger partial charge in [-0.3, -0.25) is 14.9 Å². The normalized spacial score (nSPS) is 13.1. The molecular formula is C17H18ClFN3O3+. The number of amides is 1. The molecule has 8 heteroatoms. The van der Waals surface area contributed by atoms with E-state index < -0.39 is 22.5 Å². The number of nitro groups is 1. The summed E-state index contributed by atoms with van der Waals surface area (Å²) in [5.74, 6) is -1.28. The van der Waals surface area contributed by atoms with Crippen LogP contribution in [0.3, 0.4) is 0 Å². The van der Waals surface area contributed by atoms with Crippen LogP contribution in [-0.2, 0) is 4.79 Å². The number of nitrogens with two attached hydrogens (primary N) is 1. The second-order valence-corrected chi connectivity index (χ2v) is 6.17. The van der Waals surface area contributed by atoms with E-state index in [1.54, 1.807) is 19.1 Å². The Morgan fingerprint density at radius 3 is 2.48 bits per heavy atom. The standard InChI is InChI=1S/C17H17ClFN3O3/c1-10(12-3-5-13(18)6-4-12)20-11(2)17(23)21-14-7-8-15(19)16(9-14)22(24)25/h3-11,20H,1-2H3,(H,21,23)/p+1/t10-,11+/m0/s1. The molecule has 0 aromatic heterocycles. The molecule has 0 saturated carbocycles. The number of rotatable bonds is 6. The Balaban J connectivity index is 2.01. The fraction of sp³-hybridized carbons (Fsp3) is 0.235. The molecule has 0 radical (unpaired) electrons. The van der Waals surface area contributed by atoms with E-state index in [1.807, 2.05) is 24.4 Å². The van der Waals surface area contributed by atoms with Crippen molar-refractivity contribution in [1.29, 1.82) is 0 Å². The molecule has 2 aromatic carbocycles. The molecule has 6 nitrogen and oxygen atoms in total. The molecule has 2 atom stereocenters. The first kappa shape index (κ1) is 18.8. The Labute approximate surface area is 149 Å². The van der Waals surface area contributed by atoms with Gasteiger partial charge in [-0.05, 0) is 38.1 Å². The third-order valence-corrected chi connectivity index (χ3v) is 4.05. The number of carbonyl (C=O) groups is 1. The summed E-state index contributed by atoms with van der Waals surface area (Å²) in [7, 11) is 0. The first-order valence-electron chi connectivity index (χ1n) is 7.63. The lowest BCUT2D eigenvalue weighted by atomic mass is 10.1. The number of benzene rings is 2. The average molecular weight is 367 g/mol. The molecule has 0 aliphatic heterocycles. The van der Waals surface area contributed by atoms with Crippen LogP contribution in [0.5, 0.6) is 0 Å². The largest absolute Gasteiger partial charge is 0.330 e. The molecule has 0 saturated heterocycles. The maximum absolute atomic E-state index is 13.3. The number of anilines is 1. The molecule has 0 unspecified atom stereocenters. The Kier molecular flexibility index (Phi) is 6.06. The first-order valence-corrected chi connectivity index (χ1v) is 8.01. The van der Waals surface area contributed by atoms with Crippen molar-refractivity contribution in [3.05, 3.63) is 69.0 Å². The molecule has 2 rings (SSSR count). The Morgan fingerprint density at radius 1 is 1.24 bits per heavy atom. The second-order valence-electron chi connectivity index (χ2n) is 5.73. The number of carbonyl (C=O) groups excluding carboxylic acids is 1. The van der Waals surface area contributed by atoms with E-state index in [-0.39, 0.29) is 17.6 Å². The first-order chi connectivity index (χ1) is 11.8. The van der Waals surface area contributed by atoms with Gasteiger partial charge in [-0.25, -0.2) is 0 Å². The molecule has 0 bridgehead atoms. The monoisotopic (exact) mass is 366 g/mol. The number of hydrogen-bond donors (Lipinski definition) is 2. The Morgan fingerprint density at radius 2 is 1.88 bits per heavy atom.